The molecule has 0 spiro atoms. The first kappa shape index (κ1) is 15.8. The summed E-state index contributed by atoms with van der Waals surface area (Å²) in [6.45, 7) is 0.888. The normalized spacial score (nSPS) is 24.9. The van der Waals surface area contributed by atoms with Crippen molar-refractivity contribution in [2.24, 2.45) is 0 Å². The van der Waals surface area contributed by atoms with E-state index in [9.17, 15) is 4.79 Å². The molecule has 2 aliphatic rings. The fraction of sp³-hybridized carbons (Fsp3) is 0.714. The molecule has 1 aliphatic heterocycles. The van der Waals surface area contributed by atoms with E-state index in [2.05, 4.69) is 7.05 Å². The SMILES string of the molecule is [CH2-]N1CC2=C(CCCCC2)CC1C(=O)N(C)C.[V]. The smallest absolute Gasteiger partial charge is 0.237 e. The van der Waals surface area contributed by atoms with Crippen molar-refractivity contribution in [1.82, 2.24) is 9.80 Å². The Hall–Kier alpha value is -0.246. The fourth-order valence-corrected chi connectivity index (χ4v) is 2.90. The first-order valence-electron chi connectivity index (χ1n) is 6.57. The van der Waals surface area contributed by atoms with Crippen molar-refractivity contribution in [3.63, 3.8) is 0 Å². The quantitative estimate of drug-likeness (QED) is 0.545. The summed E-state index contributed by atoms with van der Waals surface area (Å²) in [6.07, 6.45) is 7.23. The van der Waals surface area contributed by atoms with Crippen molar-refractivity contribution >= 4 is 5.91 Å². The number of likely N-dealkylation sites (N-methyl/N-ethyl adjacent to an activating group) is 1. The number of hydrogen-bond donors (Lipinski definition) is 0. The summed E-state index contributed by atoms with van der Waals surface area (Å²) in [5, 5.41) is 0. The average Bonchev–Trinajstić information content (AvgIpc) is 2.51. The molecule has 0 aromatic carbocycles. The first-order chi connectivity index (χ1) is 8.09. The number of rotatable bonds is 1. The van der Waals surface area contributed by atoms with Crippen LogP contribution in [-0.2, 0) is 23.4 Å². The first-order valence-corrected chi connectivity index (χ1v) is 6.57. The summed E-state index contributed by atoms with van der Waals surface area (Å²) >= 11 is 0. The van der Waals surface area contributed by atoms with E-state index >= 15 is 0 Å². The van der Waals surface area contributed by atoms with Crippen molar-refractivity contribution in [1.29, 1.82) is 0 Å². The maximum Gasteiger partial charge on any atom is 0.237 e. The third-order valence-corrected chi connectivity index (χ3v) is 3.96. The number of carbonyl (C=O) groups is 1. The van der Waals surface area contributed by atoms with E-state index in [0.29, 0.717) is 0 Å². The second kappa shape index (κ2) is 6.79. The molecule has 0 saturated heterocycles. The molecule has 0 aromatic heterocycles. The number of nitrogens with zero attached hydrogens (tertiary/aromatic N) is 2. The Kier molecular flexibility index (Phi) is 5.96. The Morgan fingerprint density at radius 2 is 1.83 bits per heavy atom. The van der Waals surface area contributed by atoms with Crippen molar-refractivity contribution < 1.29 is 23.4 Å². The van der Waals surface area contributed by atoms with Crippen molar-refractivity contribution in [2.75, 3.05) is 20.6 Å². The molecule has 1 heterocycles. The second-order valence-corrected chi connectivity index (χ2v) is 5.47. The Bertz CT molecular complexity index is 339. The van der Waals surface area contributed by atoms with Crippen LogP contribution in [0.2, 0.25) is 0 Å². The molecule has 0 fully saturated rings. The standard InChI is InChI=1S/C14H23N2O.V/c1-15(2)14(17)13-9-11-7-5-4-6-8-12(11)10-16(13)3;/h13H,3-10H2,1-2H3;/q-1;. The summed E-state index contributed by atoms with van der Waals surface area (Å²) < 4.78 is 0. The Morgan fingerprint density at radius 1 is 1.22 bits per heavy atom. The van der Waals surface area contributed by atoms with Gasteiger partial charge in [-0.05, 0) is 38.6 Å². The van der Waals surface area contributed by atoms with Gasteiger partial charge in [0.05, 0.1) is 6.04 Å². The van der Waals surface area contributed by atoms with Gasteiger partial charge in [0, 0.05) is 32.7 Å². The summed E-state index contributed by atoms with van der Waals surface area (Å²) in [7, 11) is 7.71. The third-order valence-electron chi connectivity index (χ3n) is 3.96. The van der Waals surface area contributed by atoms with Gasteiger partial charge in [-0.25, -0.2) is 0 Å². The third kappa shape index (κ3) is 3.40. The van der Waals surface area contributed by atoms with Gasteiger partial charge in [0.15, 0.2) is 0 Å². The molecule has 3 nitrogen and oxygen atoms in total. The van der Waals surface area contributed by atoms with Crippen molar-refractivity contribution in [3.05, 3.63) is 18.2 Å². The summed E-state index contributed by atoms with van der Waals surface area (Å²) in [5.74, 6) is 0.191. The minimum atomic E-state index is -0.0400. The molecule has 0 bridgehead atoms. The monoisotopic (exact) mass is 286 g/mol. The molecule has 1 aliphatic carbocycles. The molecule has 0 N–H and O–H groups in total. The van der Waals surface area contributed by atoms with Crippen LogP contribution in [0.4, 0.5) is 0 Å². The zero-order valence-corrected chi connectivity index (χ0v) is 12.9. The van der Waals surface area contributed by atoms with Crippen molar-refractivity contribution in [3.8, 4) is 0 Å². The van der Waals surface area contributed by atoms with E-state index < -0.39 is 0 Å². The minimum absolute atomic E-state index is 0. The van der Waals surface area contributed by atoms with Crippen molar-refractivity contribution in [2.45, 2.75) is 44.6 Å². The topological polar surface area (TPSA) is 23.6 Å². The molecule has 2 rings (SSSR count). The molecule has 1 amide bonds. The van der Waals surface area contributed by atoms with Crippen LogP contribution in [0.3, 0.4) is 0 Å². The summed E-state index contributed by atoms with van der Waals surface area (Å²) in [6, 6.07) is -0.0400. The van der Waals surface area contributed by atoms with Gasteiger partial charge in [0.25, 0.3) is 0 Å². The van der Waals surface area contributed by atoms with Gasteiger partial charge in [-0.3, -0.25) is 11.8 Å². The van der Waals surface area contributed by atoms with E-state index in [1.165, 1.54) is 32.1 Å². The van der Waals surface area contributed by atoms with Gasteiger partial charge in [-0.15, -0.1) is 0 Å². The van der Waals surface area contributed by atoms with Gasteiger partial charge in [0.1, 0.15) is 0 Å². The zero-order valence-electron chi connectivity index (χ0n) is 11.5. The molecule has 0 aromatic rings. The van der Waals surface area contributed by atoms with Gasteiger partial charge in [-0.2, -0.15) is 0 Å². The van der Waals surface area contributed by atoms with Gasteiger partial charge in [-0.1, -0.05) is 17.6 Å². The molecular weight excluding hydrogens is 263 g/mol. The Balaban J connectivity index is 0.00000162. The van der Waals surface area contributed by atoms with Gasteiger partial charge < -0.3 is 9.80 Å². The Labute approximate surface area is 122 Å². The van der Waals surface area contributed by atoms with Crippen LogP contribution in [0, 0.1) is 7.05 Å². The number of hydrogen-bond acceptors (Lipinski definition) is 2. The molecule has 1 radical (unpaired) electrons. The van der Waals surface area contributed by atoms with Crippen LogP contribution < -0.4 is 0 Å². The van der Waals surface area contributed by atoms with E-state index in [1.807, 2.05) is 19.0 Å². The maximum atomic E-state index is 12.1. The molecule has 1 atom stereocenters. The number of carbonyl (C=O) groups excluding carboxylic acids is 1. The van der Waals surface area contributed by atoms with E-state index in [0.717, 1.165) is 13.0 Å². The van der Waals surface area contributed by atoms with Crippen LogP contribution >= 0.6 is 0 Å². The molecule has 101 valence electrons. The molecule has 18 heavy (non-hydrogen) atoms. The average molecular weight is 286 g/mol. The molecule has 1 unspecified atom stereocenters. The van der Waals surface area contributed by atoms with E-state index in [1.54, 1.807) is 16.0 Å². The van der Waals surface area contributed by atoms with Crippen LogP contribution in [0.5, 0.6) is 0 Å². The predicted octanol–water partition coefficient (Wildman–Crippen LogP) is 2.20. The number of amides is 1. The second-order valence-electron chi connectivity index (χ2n) is 5.47. The summed E-state index contributed by atoms with van der Waals surface area (Å²) in [5.41, 5.74) is 3.10. The van der Waals surface area contributed by atoms with Gasteiger partial charge >= 0.3 is 0 Å². The summed E-state index contributed by atoms with van der Waals surface area (Å²) in [4.78, 5) is 15.8. The fourth-order valence-electron chi connectivity index (χ4n) is 2.90. The molecule has 4 heteroatoms. The van der Waals surface area contributed by atoms with E-state index in [-0.39, 0.29) is 30.5 Å². The largest absolute Gasteiger partial charge is 0.445 e. The zero-order chi connectivity index (χ0) is 12.4. The van der Waals surface area contributed by atoms with Crippen LogP contribution in [0.25, 0.3) is 0 Å². The predicted molar refractivity (Wildman–Crippen MR) is 69.3 cm³/mol. The molecule has 0 saturated carbocycles. The molecular formula is C14H23N2OV-. The maximum absolute atomic E-state index is 12.1. The van der Waals surface area contributed by atoms with Crippen LogP contribution in [0.15, 0.2) is 11.1 Å². The van der Waals surface area contributed by atoms with E-state index in [4.69, 9.17) is 0 Å². The minimum Gasteiger partial charge on any atom is -0.445 e. The van der Waals surface area contributed by atoms with Crippen LogP contribution in [-0.4, -0.2) is 42.4 Å². The van der Waals surface area contributed by atoms with Crippen LogP contribution in [0.1, 0.15) is 38.5 Å². The Morgan fingerprint density at radius 3 is 2.44 bits per heavy atom. The van der Waals surface area contributed by atoms with Gasteiger partial charge in [0.2, 0.25) is 5.91 Å².